The van der Waals surface area contributed by atoms with Crippen molar-refractivity contribution in [2.75, 3.05) is 0 Å². The fourth-order valence-electron chi connectivity index (χ4n) is 3.66. The van der Waals surface area contributed by atoms with Crippen molar-refractivity contribution in [2.45, 2.75) is 17.9 Å². The van der Waals surface area contributed by atoms with Gasteiger partial charge in [-0.1, -0.05) is 39.7 Å². The molecule has 3 atom stereocenters. The van der Waals surface area contributed by atoms with Crippen LogP contribution in [0.4, 0.5) is 18.0 Å². The van der Waals surface area contributed by atoms with Crippen LogP contribution in [0.5, 0.6) is 0 Å². The van der Waals surface area contributed by atoms with E-state index in [0.29, 0.717) is 11.3 Å². The monoisotopic (exact) mass is 542 g/mol. The van der Waals surface area contributed by atoms with Gasteiger partial charge in [-0.3, -0.25) is 4.79 Å². The summed E-state index contributed by atoms with van der Waals surface area (Å²) in [5.74, 6) is -3.08. The third kappa shape index (κ3) is 4.38. The summed E-state index contributed by atoms with van der Waals surface area (Å²) in [6.07, 6.45) is -5.36. The van der Waals surface area contributed by atoms with Gasteiger partial charge in [0.05, 0.1) is 0 Å². The normalized spacial score (nSPS) is 23.0. The van der Waals surface area contributed by atoms with Crippen molar-refractivity contribution in [3.8, 4) is 11.3 Å². The quantitative estimate of drug-likeness (QED) is 0.381. The Hall–Kier alpha value is -2.82. The SMILES string of the molecule is O=C1N[C@@H](c2ccc(-c3ccc(Br)cc3)o2)[C@H](C(=O)c2ccc(Cl)cc2)[C@](O)(C(F)(F)F)N1. The van der Waals surface area contributed by atoms with Crippen LogP contribution in [0.15, 0.2) is 69.6 Å². The van der Waals surface area contributed by atoms with Crippen LogP contribution >= 0.6 is 27.5 Å². The van der Waals surface area contributed by atoms with Gasteiger partial charge in [-0.25, -0.2) is 4.79 Å². The molecule has 2 amide bonds. The molecular weight excluding hydrogens is 529 g/mol. The van der Waals surface area contributed by atoms with E-state index in [0.717, 1.165) is 4.47 Å². The Bertz CT molecular complexity index is 1200. The van der Waals surface area contributed by atoms with Crippen molar-refractivity contribution in [3.05, 3.63) is 81.5 Å². The Morgan fingerprint density at radius 1 is 1.06 bits per heavy atom. The van der Waals surface area contributed by atoms with E-state index in [-0.39, 0.29) is 16.3 Å². The number of benzene rings is 2. The third-order valence-electron chi connectivity index (χ3n) is 5.28. The largest absolute Gasteiger partial charge is 0.459 e. The zero-order valence-electron chi connectivity index (χ0n) is 16.5. The highest BCUT2D eigenvalue weighted by Gasteiger charge is 2.66. The van der Waals surface area contributed by atoms with Crippen molar-refractivity contribution in [1.82, 2.24) is 10.6 Å². The van der Waals surface area contributed by atoms with Crippen molar-refractivity contribution >= 4 is 39.3 Å². The number of nitrogens with one attached hydrogen (secondary N) is 2. The van der Waals surface area contributed by atoms with Gasteiger partial charge in [-0.2, -0.15) is 13.2 Å². The first kappa shape index (κ1) is 23.3. The zero-order valence-corrected chi connectivity index (χ0v) is 18.8. The van der Waals surface area contributed by atoms with Crippen LogP contribution in [0.25, 0.3) is 11.3 Å². The minimum absolute atomic E-state index is 0.127. The van der Waals surface area contributed by atoms with E-state index < -0.39 is 35.7 Å². The average Bonchev–Trinajstić information content (AvgIpc) is 3.23. The Morgan fingerprint density at radius 3 is 2.30 bits per heavy atom. The number of Topliss-reactive ketones (excluding diaryl/α,β-unsaturated/α-hetero) is 1. The highest BCUT2D eigenvalue weighted by molar-refractivity contribution is 9.10. The van der Waals surface area contributed by atoms with Gasteiger partial charge in [0.15, 0.2) is 5.78 Å². The number of ketones is 1. The maximum atomic E-state index is 14.0. The molecule has 33 heavy (non-hydrogen) atoms. The molecule has 1 fully saturated rings. The molecule has 2 aromatic carbocycles. The van der Waals surface area contributed by atoms with Crippen molar-refractivity contribution in [3.63, 3.8) is 0 Å². The van der Waals surface area contributed by atoms with Crippen LogP contribution in [-0.2, 0) is 0 Å². The predicted molar refractivity (Wildman–Crippen MR) is 117 cm³/mol. The molecule has 1 aliphatic rings. The maximum absolute atomic E-state index is 14.0. The Morgan fingerprint density at radius 2 is 1.70 bits per heavy atom. The van der Waals surface area contributed by atoms with Gasteiger partial charge in [0.1, 0.15) is 23.5 Å². The van der Waals surface area contributed by atoms with Gasteiger partial charge in [-0.15, -0.1) is 0 Å². The Labute approximate surface area is 198 Å². The molecule has 0 spiro atoms. The van der Waals surface area contributed by atoms with Crippen molar-refractivity contribution in [2.24, 2.45) is 5.92 Å². The number of carbonyl (C=O) groups excluding carboxylic acids is 2. The minimum atomic E-state index is -5.36. The number of carbonyl (C=O) groups is 2. The van der Waals surface area contributed by atoms with Gasteiger partial charge < -0.3 is 20.2 Å². The highest BCUT2D eigenvalue weighted by atomic mass is 79.9. The fourth-order valence-corrected chi connectivity index (χ4v) is 4.05. The lowest BCUT2D eigenvalue weighted by Gasteiger charge is -2.44. The number of rotatable bonds is 4. The van der Waals surface area contributed by atoms with E-state index >= 15 is 0 Å². The lowest BCUT2D eigenvalue weighted by molar-refractivity contribution is -0.288. The fraction of sp³-hybridized carbons (Fsp3) is 0.182. The third-order valence-corrected chi connectivity index (χ3v) is 6.06. The number of aliphatic hydroxyl groups is 1. The van der Waals surface area contributed by atoms with E-state index in [1.54, 1.807) is 24.3 Å². The number of urea groups is 1. The average molecular weight is 544 g/mol. The number of furan rings is 1. The molecule has 1 aromatic heterocycles. The first-order valence-electron chi connectivity index (χ1n) is 9.53. The lowest BCUT2D eigenvalue weighted by Crippen LogP contribution is -2.72. The van der Waals surface area contributed by atoms with E-state index in [1.807, 2.05) is 0 Å². The van der Waals surface area contributed by atoms with Crippen LogP contribution in [-0.4, -0.2) is 28.8 Å². The summed E-state index contributed by atoms with van der Waals surface area (Å²) in [4.78, 5) is 25.4. The molecule has 0 aliphatic carbocycles. The van der Waals surface area contributed by atoms with E-state index in [9.17, 15) is 27.9 Å². The number of halogens is 5. The summed E-state index contributed by atoms with van der Waals surface area (Å²) < 4.78 is 48.5. The second kappa shape index (κ2) is 8.51. The molecular formula is C22H15BrClF3N2O4. The number of hydrogen-bond donors (Lipinski definition) is 3. The Kier molecular flexibility index (Phi) is 6.02. The molecule has 0 unspecified atom stereocenters. The van der Waals surface area contributed by atoms with Gasteiger partial charge in [0.2, 0.25) is 5.72 Å². The molecule has 1 aliphatic heterocycles. The van der Waals surface area contributed by atoms with Crippen LogP contribution in [0.1, 0.15) is 22.2 Å². The van der Waals surface area contributed by atoms with E-state index in [1.165, 1.54) is 41.7 Å². The van der Waals surface area contributed by atoms with Crippen LogP contribution < -0.4 is 10.6 Å². The highest BCUT2D eigenvalue weighted by Crippen LogP contribution is 2.44. The molecule has 0 radical (unpaired) electrons. The molecule has 11 heteroatoms. The van der Waals surface area contributed by atoms with Crippen LogP contribution in [0, 0.1) is 5.92 Å². The summed E-state index contributed by atoms with van der Waals surface area (Å²) in [5, 5.41) is 14.7. The van der Waals surface area contributed by atoms with Gasteiger partial charge in [-0.05, 0) is 48.5 Å². The zero-order chi connectivity index (χ0) is 24.0. The van der Waals surface area contributed by atoms with Crippen LogP contribution in [0.3, 0.4) is 0 Å². The number of amides is 2. The smallest absolute Gasteiger partial charge is 0.437 e. The summed E-state index contributed by atoms with van der Waals surface area (Å²) in [6.45, 7) is 0. The molecule has 3 N–H and O–H groups in total. The van der Waals surface area contributed by atoms with E-state index in [4.69, 9.17) is 16.0 Å². The molecule has 3 aromatic rings. The lowest BCUT2D eigenvalue weighted by atomic mass is 9.79. The van der Waals surface area contributed by atoms with E-state index in [2.05, 4.69) is 21.2 Å². The standard InChI is InChI=1S/C22H15BrClF3N2O4/c23-13-5-1-11(2-6-13)15-9-10-16(33-15)18-17(19(30)12-3-7-14(24)8-4-12)21(32,22(25,26)27)29-20(31)28-18/h1-10,17-18,32H,(H2,28,29,31)/t17-,18+,21+/m1/s1. The predicted octanol–water partition coefficient (Wildman–Crippen LogP) is 5.47. The maximum Gasteiger partial charge on any atom is 0.437 e. The molecule has 0 bridgehead atoms. The second-order valence-electron chi connectivity index (χ2n) is 7.40. The summed E-state index contributed by atoms with van der Waals surface area (Å²) in [7, 11) is 0. The molecule has 4 rings (SSSR count). The van der Waals surface area contributed by atoms with Gasteiger partial charge >= 0.3 is 12.2 Å². The van der Waals surface area contributed by atoms with Gasteiger partial charge in [0, 0.05) is 20.6 Å². The number of hydrogen-bond acceptors (Lipinski definition) is 4. The Balaban J connectivity index is 1.80. The minimum Gasteiger partial charge on any atom is -0.459 e. The summed E-state index contributed by atoms with van der Waals surface area (Å²) in [6, 6.07) is 12.0. The van der Waals surface area contributed by atoms with Crippen LogP contribution in [0.2, 0.25) is 5.02 Å². The number of alkyl halides is 3. The first-order valence-corrected chi connectivity index (χ1v) is 10.7. The van der Waals surface area contributed by atoms with Crippen molar-refractivity contribution in [1.29, 1.82) is 0 Å². The van der Waals surface area contributed by atoms with Crippen molar-refractivity contribution < 1.29 is 32.3 Å². The molecule has 172 valence electrons. The molecule has 1 saturated heterocycles. The first-order chi connectivity index (χ1) is 15.5. The second-order valence-corrected chi connectivity index (χ2v) is 8.75. The molecule has 0 saturated carbocycles. The summed E-state index contributed by atoms with van der Waals surface area (Å²) in [5.41, 5.74) is -3.35. The summed E-state index contributed by atoms with van der Waals surface area (Å²) >= 11 is 9.13. The molecule has 6 nitrogen and oxygen atoms in total. The molecule has 2 heterocycles. The van der Waals surface area contributed by atoms with Gasteiger partial charge in [0.25, 0.3) is 0 Å². The topological polar surface area (TPSA) is 91.6 Å².